The molecule has 4 N–H and O–H groups in total. The van der Waals surface area contributed by atoms with Crippen LogP contribution in [0, 0.1) is 0 Å². The third-order valence-electron chi connectivity index (χ3n) is 7.63. The number of carbonyl (C=O) groups is 3. The van der Waals surface area contributed by atoms with Crippen LogP contribution in [0.5, 0.6) is 0 Å². The molecule has 1 saturated heterocycles. The van der Waals surface area contributed by atoms with Gasteiger partial charge >= 0.3 is 6.09 Å². The lowest BCUT2D eigenvalue weighted by Gasteiger charge is -2.28. The van der Waals surface area contributed by atoms with Crippen LogP contribution in [-0.4, -0.2) is 130 Å². The molecular weight excluding hydrogens is 669 g/mol. The second kappa shape index (κ2) is 26.1. The molecule has 0 saturated carbocycles. The molecule has 17 heteroatoms. The lowest BCUT2D eigenvalue weighted by atomic mass is 10.0. The van der Waals surface area contributed by atoms with Crippen molar-refractivity contribution in [3.05, 3.63) is 12.2 Å². The first-order chi connectivity index (χ1) is 23.1. The monoisotopic (exact) mass is 724 g/mol. The predicted octanol–water partition coefficient (Wildman–Crippen LogP) is 1.29. The Labute approximate surface area is 289 Å². The molecule has 1 heterocycles. The van der Waals surface area contributed by atoms with Gasteiger partial charge < -0.3 is 58.6 Å². The van der Waals surface area contributed by atoms with Crippen molar-refractivity contribution < 1.29 is 57.5 Å². The number of hydrogen-bond donors (Lipinski definition) is 4. The topological polar surface area (TPSA) is 197 Å². The van der Waals surface area contributed by atoms with Gasteiger partial charge in [-0.3, -0.25) is 9.59 Å². The van der Waals surface area contributed by atoms with Gasteiger partial charge in [0.1, 0.15) is 12.8 Å². The Morgan fingerprint density at radius 2 is 1.52 bits per heavy atom. The lowest BCUT2D eigenvalue weighted by Crippen LogP contribution is -2.38. The summed E-state index contributed by atoms with van der Waals surface area (Å²) in [5.74, 6) is -0.266. The molecule has 15 nitrogen and oxygen atoms in total. The first-order valence-corrected chi connectivity index (χ1v) is 19.6. The van der Waals surface area contributed by atoms with Gasteiger partial charge in [-0.25, -0.2) is 4.79 Å². The summed E-state index contributed by atoms with van der Waals surface area (Å²) < 4.78 is 32.0. The molecule has 1 aliphatic carbocycles. The van der Waals surface area contributed by atoms with Crippen LogP contribution in [0.4, 0.5) is 4.79 Å². The number of ether oxygens (including phenoxy) is 5. The second-order valence-electron chi connectivity index (χ2n) is 11.6. The normalized spacial score (nSPS) is 21.6. The SMILES string of the molecule is O=C(CCOCCOCCOCCOCCNC(=O)OC1CC/C=C/CCC1)NCCCCCC(=O)N1C[C@H](O)C[C@H]1COP([O-])(O)=S. The number of aliphatic hydroxyl groups is 1. The molecule has 3 amide bonds. The van der Waals surface area contributed by atoms with Gasteiger partial charge in [-0.05, 0) is 51.4 Å². The summed E-state index contributed by atoms with van der Waals surface area (Å²) in [4.78, 5) is 58.3. The standard InChI is InChI=1S/C31H56N3O12PS/c35-27-23-26(25-45-47(39,40)48)34(24-27)30(37)11-7-4-8-13-32-29(36)12-15-41-17-19-43-21-22-44-20-18-42-16-14-33-31(38)46-28-9-5-2-1-3-6-10-28/h1-2,26-28,35H,3-25H2,(H,32,36)(H,33,38)(H2,39,40,48)/p-1/b2-1+/t26-,27+,28?/m0/s1. The zero-order valence-corrected chi connectivity index (χ0v) is 29.6. The Morgan fingerprint density at radius 1 is 0.854 bits per heavy atom. The largest absolute Gasteiger partial charge is 0.780 e. The van der Waals surface area contributed by atoms with Crippen LogP contribution in [0.25, 0.3) is 0 Å². The van der Waals surface area contributed by atoms with Crippen LogP contribution in [0.1, 0.15) is 70.6 Å². The third-order valence-corrected chi connectivity index (χ3v) is 8.42. The molecule has 2 aliphatic rings. The summed E-state index contributed by atoms with van der Waals surface area (Å²) in [6.45, 7) is -0.142. The van der Waals surface area contributed by atoms with E-state index in [-0.39, 0.29) is 56.9 Å². The molecule has 2 rings (SSSR count). The van der Waals surface area contributed by atoms with Crippen LogP contribution < -0.4 is 15.5 Å². The second-order valence-corrected chi connectivity index (χ2v) is 14.2. The van der Waals surface area contributed by atoms with E-state index in [0.29, 0.717) is 72.2 Å². The first-order valence-electron chi connectivity index (χ1n) is 17.0. The van der Waals surface area contributed by atoms with Crippen molar-refractivity contribution in [1.29, 1.82) is 0 Å². The van der Waals surface area contributed by atoms with Crippen LogP contribution in [0.2, 0.25) is 0 Å². The Balaban J connectivity index is 1.30. The number of aliphatic hydroxyl groups excluding tert-OH is 1. The molecule has 4 atom stereocenters. The van der Waals surface area contributed by atoms with Gasteiger partial charge in [-0.1, -0.05) is 30.4 Å². The van der Waals surface area contributed by atoms with E-state index in [1.54, 1.807) is 0 Å². The van der Waals surface area contributed by atoms with E-state index in [1.165, 1.54) is 4.90 Å². The third kappa shape index (κ3) is 22.1. The smallest absolute Gasteiger partial charge is 0.407 e. The minimum atomic E-state index is -4.07. The number of likely N-dealkylation sites (tertiary alicyclic amines) is 1. The Hall–Kier alpha value is -1.72. The van der Waals surface area contributed by atoms with Crippen molar-refractivity contribution >= 4 is 36.4 Å². The number of nitrogens with one attached hydrogen (secondary N) is 2. The molecular formula is C31H55N3O12PS-. The van der Waals surface area contributed by atoms with E-state index in [0.717, 1.165) is 38.5 Å². The number of alkyl carbamates (subject to hydrolysis) is 1. The molecule has 1 aliphatic heterocycles. The summed E-state index contributed by atoms with van der Waals surface area (Å²) in [6.07, 6.45) is 10.8. The van der Waals surface area contributed by atoms with Gasteiger partial charge in [0.15, 0.2) is 0 Å². The fourth-order valence-corrected chi connectivity index (χ4v) is 5.70. The van der Waals surface area contributed by atoms with E-state index in [2.05, 4.69) is 34.6 Å². The van der Waals surface area contributed by atoms with Crippen molar-refractivity contribution in [3.8, 4) is 0 Å². The number of hydrogen-bond acceptors (Lipinski definition) is 12. The summed E-state index contributed by atoms with van der Waals surface area (Å²) in [6, 6.07) is -0.479. The average molecular weight is 725 g/mol. The fourth-order valence-electron chi connectivity index (χ4n) is 5.16. The van der Waals surface area contributed by atoms with E-state index >= 15 is 0 Å². The summed E-state index contributed by atoms with van der Waals surface area (Å²) >= 11 is 4.34. The predicted molar refractivity (Wildman–Crippen MR) is 178 cm³/mol. The van der Waals surface area contributed by atoms with Gasteiger partial charge in [0.05, 0.1) is 71.6 Å². The minimum absolute atomic E-state index is 0.0287. The number of carbonyl (C=O) groups excluding carboxylic acids is 3. The number of unbranched alkanes of at least 4 members (excludes halogenated alkanes) is 2. The number of allylic oxidation sites excluding steroid dienone is 2. The highest BCUT2D eigenvalue weighted by Crippen LogP contribution is 2.33. The van der Waals surface area contributed by atoms with Crippen LogP contribution in [-0.2, 0) is 49.6 Å². The number of amides is 3. The molecule has 0 radical (unpaired) electrons. The van der Waals surface area contributed by atoms with Gasteiger partial charge in [0.25, 0.3) is 0 Å². The number of β-amino-alcohol motifs (C(OH)–C–C–N with tert-alkyl or cyclic N) is 1. The zero-order valence-electron chi connectivity index (χ0n) is 27.9. The van der Waals surface area contributed by atoms with Crippen LogP contribution in [0.3, 0.4) is 0 Å². The van der Waals surface area contributed by atoms with E-state index in [1.807, 2.05) is 0 Å². The van der Waals surface area contributed by atoms with Crippen molar-refractivity contribution in [2.24, 2.45) is 0 Å². The van der Waals surface area contributed by atoms with E-state index in [9.17, 15) is 24.4 Å². The Bertz CT molecular complexity index is 988. The van der Waals surface area contributed by atoms with Crippen molar-refractivity contribution in [3.63, 3.8) is 0 Å². The van der Waals surface area contributed by atoms with E-state index < -0.39 is 25.0 Å². The summed E-state index contributed by atoms with van der Waals surface area (Å²) in [5, 5.41) is 15.4. The first kappa shape index (κ1) is 42.4. The number of nitrogens with zero attached hydrogens (tertiary/aromatic N) is 1. The van der Waals surface area contributed by atoms with Crippen molar-refractivity contribution in [1.82, 2.24) is 15.5 Å². The molecule has 278 valence electrons. The quantitative estimate of drug-likeness (QED) is 0.0598. The maximum atomic E-state index is 12.5. The number of rotatable bonds is 25. The van der Waals surface area contributed by atoms with Crippen molar-refractivity contribution in [2.75, 3.05) is 79.1 Å². The van der Waals surface area contributed by atoms with Crippen molar-refractivity contribution in [2.45, 2.75) is 88.9 Å². The molecule has 0 spiro atoms. The molecule has 0 aromatic heterocycles. The molecule has 0 aromatic carbocycles. The Kier molecular flexibility index (Phi) is 23.1. The molecule has 2 unspecified atom stereocenters. The lowest BCUT2D eigenvalue weighted by molar-refractivity contribution is -0.202. The molecule has 0 bridgehead atoms. The van der Waals surface area contributed by atoms with Gasteiger partial charge in [-0.15, -0.1) is 0 Å². The highest BCUT2D eigenvalue weighted by atomic mass is 32.5. The molecule has 0 aromatic rings. The van der Waals surface area contributed by atoms with E-state index in [4.69, 9.17) is 33.1 Å². The van der Waals surface area contributed by atoms with Crippen LogP contribution >= 0.6 is 6.72 Å². The van der Waals surface area contributed by atoms with Crippen LogP contribution in [0.15, 0.2) is 12.2 Å². The maximum Gasteiger partial charge on any atom is 0.407 e. The highest BCUT2D eigenvalue weighted by Gasteiger charge is 2.34. The van der Waals surface area contributed by atoms with Gasteiger partial charge in [0, 0.05) is 32.5 Å². The zero-order chi connectivity index (χ0) is 34.9. The fraction of sp³-hybridized carbons (Fsp3) is 0.839. The van der Waals surface area contributed by atoms with Gasteiger partial charge in [0.2, 0.25) is 11.8 Å². The highest BCUT2D eigenvalue weighted by molar-refractivity contribution is 8.06. The molecule has 1 fully saturated rings. The van der Waals surface area contributed by atoms with Gasteiger partial charge in [-0.2, -0.15) is 0 Å². The minimum Gasteiger partial charge on any atom is -0.780 e. The molecule has 48 heavy (non-hydrogen) atoms. The Morgan fingerprint density at radius 3 is 2.23 bits per heavy atom. The maximum absolute atomic E-state index is 12.5. The average Bonchev–Trinajstić information content (AvgIpc) is 3.41. The summed E-state index contributed by atoms with van der Waals surface area (Å²) in [5.41, 5.74) is 0. The summed E-state index contributed by atoms with van der Waals surface area (Å²) in [7, 11) is 0.